The van der Waals surface area contributed by atoms with E-state index < -0.39 is 29.7 Å². The van der Waals surface area contributed by atoms with Crippen LogP contribution in [0.1, 0.15) is 23.2 Å². The van der Waals surface area contributed by atoms with E-state index in [4.69, 9.17) is 21.8 Å². The summed E-state index contributed by atoms with van der Waals surface area (Å²) in [6.07, 6.45) is 4.15. The lowest BCUT2D eigenvalue weighted by molar-refractivity contribution is -0.146. The molecule has 1 aromatic carbocycles. The van der Waals surface area contributed by atoms with Gasteiger partial charge in [-0.15, -0.1) is 0 Å². The van der Waals surface area contributed by atoms with Gasteiger partial charge in [-0.1, -0.05) is 23.8 Å². The molecular formula is C15H14ClNO5. The van der Waals surface area contributed by atoms with Crippen LogP contribution in [0.25, 0.3) is 0 Å². The Labute approximate surface area is 131 Å². The highest BCUT2D eigenvalue weighted by molar-refractivity contribution is 6.33. The molecule has 1 aromatic rings. The maximum Gasteiger partial charge on any atom is 0.337 e. The van der Waals surface area contributed by atoms with Gasteiger partial charge in [0.05, 0.1) is 22.4 Å². The van der Waals surface area contributed by atoms with Crippen molar-refractivity contribution in [1.82, 2.24) is 0 Å². The van der Waals surface area contributed by atoms with Crippen LogP contribution in [-0.4, -0.2) is 28.1 Å². The van der Waals surface area contributed by atoms with E-state index in [0.29, 0.717) is 12.8 Å². The van der Waals surface area contributed by atoms with E-state index in [-0.39, 0.29) is 16.3 Å². The Morgan fingerprint density at radius 3 is 2.32 bits per heavy atom. The third kappa shape index (κ3) is 3.46. The van der Waals surface area contributed by atoms with E-state index >= 15 is 0 Å². The number of halogens is 1. The summed E-state index contributed by atoms with van der Waals surface area (Å²) in [4.78, 5) is 34.5. The Kier molecular flexibility index (Phi) is 4.82. The van der Waals surface area contributed by atoms with E-state index in [9.17, 15) is 14.4 Å². The molecule has 0 heterocycles. The third-order valence-corrected chi connectivity index (χ3v) is 3.88. The highest BCUT2D eigenvalue weighted by Gasteiger charge is 2.34. The average Bonchev–Trinajstić information content (AvgIpc) is 2.48. The Bertz CT molecular complexity index is 655. The van der Waals surface area contributed by atoms with Crippen molar-refractivity contribution in [3.63, 3.8) is 0 Å². The molecule has 1 amide bonds. The fraction of sp³-hybridized carbons (Fsp3) is 0.267. The predicted octanol–water partition coefficient (Wildman–Crippen LogP) is 2.64. The molecule has 0 unspecified atom stereocenters. The van der Waals surface area contributed by atoms with Crippen LogP contribution in [0.2, 0.25) is 5.02 Å². The Balaban J connectivity index is 2.18. The highest BCUT2D eigenvalue weighted by atomic mass is 35.5. The molecule has 6 nitrogen and oxygen atoms in total. The van der Waals surface area contributed by atoms with Crippen LogP contribution in [0, 0.1) is 11.8 Å². The molecule has 0 aliphatic heterocycles. The molecule has 2 rings (SSSR count). The minimum absolute atomic E-state index is 0.0644. The van der Waals surface area contributed by atoms with Gasteiger partial charge in [0.25, 0.3) is 0 Å². The Morgan fingerprint density at radius 2 is 1.73 bits per heavy atom. The zero-order chi connectivity index (χ0) is 16.3. The van der Waals surface area contributed by atoms with Crippen molar-refractivity contribution in [2.45, 2.75) is 12.8 Å². The van der Waals surface area contributed by atoms with Crippen LogP contribution in [-0.2, 0) is 9.59 Å². The summed E-state index contributed by atoms with van der Waals surface area (Å²) < 4.78 is 0. The fourth-order valence-electron chi connectivity index (χ4n) is 2.38. The molecule has 1 aliphatic carbocycles. The molecule has 0 saturated heterocycles. The van der Waals surface area contributed by atoms with Crippen molar-refractivity contribution in [2.75, 3.05) is 5.32 Å². The molecule has 0 aromatic heterocycles. The zero-order valence-electron chi connectivity index (χ0n) is 11.5. The quantitative estimate of drug-likeness (QED) is 0.739. The number of hydrogen-bond acceptors (Lipinski definition) is 3. The second kappa shape index (κ2) is 6.62. The normalized spacial score (nSPS) is 20.4. The molecule has 7 heteroatoms. The number of rotatable bonds is 4. The SMILES string of the molecule is O=C(O)c1cc(NC(=O)[C@@H]2CC=CC[C@@H]2C(=O)O)ccc1Cl. The lowest BCUT2D eigenvalue weighted by Crippen LogP contribution is -2.34. The fourth-order valence-corrected chi connectivity index (χ4v) is 2.58. The number of carbonyl (C=O) groups excluding carboxylic acids is 1. The third-order valence-electron chi connectivity index (χ3n) is 3.55. The summed E-state index contributed by atoms with van der Waals surface area (Å²) >= 11 is 5.76. The van der Waals surface area contributed by atoms with Crippen LogP contribution < -0.4 is 5.32 Å². The van der Waals surface area contributed by atoms with Gasteiger partial charge < -0.3 is 15.5 Å². The van der Waals surface area contributed by atoms with Gasteiger partial charge in [-0.05, 0) is 31.0 Å². The van der Waals surface area contributed by atoms with E-state index in [0.717, 1.165) is 0 Å². The first-order valence-corrected chi connectivity index (χ1v) is 6.99. The lowest BCUT2D eigenvalue weighted by Gasteiger charge is -2.24. The molecule has 0 spiro atoms. The monoisotopic (exact) mass is 323 g/mol. The predicted molar refractivity (Wildman–Crippen MR) is 80.0 cm³/mol. The van der Waals surface area contributed by atoms with Gasteiger partial charge in [-0.2, -0.15) is 0 Å². The lowest BCUT2D eigenvalue weighted by atomic mass is 9.82. The molecular weight excluding hydrogens is 310 g/mol. The van der Waals surface area contributed by atoms with Gasteiger partial charge in [0.15, 0.2) is 0 Å². The van der Waals surface area contributed by atoms with E-state index in [1.807, 2.05) is 0 Å². The number of benzene rings is 1. The second-order valence-electron chi connectivity index (χ2n) is 4.98. The van der Waals surface area contributed by atoms with Gasteiger partial charge in [0.2, 0.25) is 5.91 Å². The van der Waals surface area contributed by atoms with Crippen molar-refractivity contribution >= 4 is 35.1 Å². The largest absolute Gasteiger partial charge is 0.481 e. The van der Waals surface area contributed by atoms with Crippen LogP contribution in [0.3, 0.4) is 0 Å². The van der Waals surface area contributed by atoms with Gasteiger partial charge in [-0.25, -0.2) is 4.79 Å². The van der Waals surface area contributed by atoms with Crippen molar-refractivity contribution in [1.29, 1.82) is 0 Å². The molecule has 3 N–H and O–H groups in total. The van der Waals surface area contributed by atoms with Crippen LogP contribution in [0.5, 0.6) is 0 Å². The topological polar surface area (TPSA) is 104 Å². The number of hydrogen-bond donors (Lipinski definition) is 3. The van der Waals surface area contributed by atoms with E-state index in [1.54, 1.807) is 12.2 Å². The van der Waals surface area contributed by atoms with Crippen LogP contribution in [0.4, 0.5) is 5.69 Å². The first-order valence-electron chi connectivity index (χ1n) is 6.61. The van der Waals surface area contributed by atoms with Crippen LogP contribution >= 0.6 is 11.6 Å². The number of nitrogens with one attached hydrogen (secondary N) is 1. The highest BCUT2D eigenvalue weighted by Crippen LogP contribution is 2.28. The smallest absolute Gasteiger partial charge is 0.337 e. The number of aliphatic carboxylic acids is 1. The number of carboxylic acids is 2. The summed E-state index contributed by atoms with van der Waals surface area (Å²) in [5.74, 6) is -4.14. The standard InChI is InChI=1S/C15H14ClNO5/c16-12-6-5-8(7-11(12)15(21)22)17-13(18)9-3-1-2-4-10(9)14(19)20/h1-2,5-7,9-10H,3-4H2,(H,17,18)(H,19,20)(H,21,22)/t9-,10+/m1/s1. The summed E-state index contributed by atoms with van der Waals surface area (Å²) in [5.41, 5.74) is 0.142. The molecule has 0 fully saturated rings. The summed E-state index contributed by atoms with van der Waals surface area (Å²) in [6, 6.07) is 4.09. The number of aromatic carboxylic acids is 1. The first kappa shape index (κ1) is 16.0. The van der Waals surface area contributed by atoms with Gasteiger partial charge in [-0.3, -0.25) is 9.59 Å². The molecule has 1 aliphatic rings. The second-order valence-corrected chi connectivity index (χ2v) is 5.39. The van der Waals surface area contributed by atoms with Gasteiger partial charge in [0.1, 0.15) is 0 Å². The van der Waals surface area contributed by atoms with Crippen molar-refractivity contribution in [3.8, 4) is 0 Å². The maximum atomic E-state index is 12.3. The molecule has 2 atom stereocenters. The average molecular weight is 324 g/mol. The van der Waals surface area contributed by atoms with E-state index in [1.165, 1.54) is 18.2 Å². The summed E-state index contributed by atoms with van der Waals surface area (Å²) in [6.45, 7) is 0. The molecule has 0 bridgehead atoms. The van der Waals surface area contributed by atoms with Gasteiger partial charge in [0, 0.05) is 5.69 Å². The number of anilines is 1. The number of carbonyl (C=O) groups is 3. The molecule has 22 heavy (non-hydrogen) atoms. The molecule has 0 radical (unpaired) electrons. The summed E-state index contributed by atoms with van der Waals surface area (Å²) in [7, 11) is 0. The molecule has 116 valence electrons. The van der Waals surface area contributed by atoms with E-state index in [2.05, 4.69) is 5.32 Å². The molecule has 0 saturated carbocycles. The zero-order valence-corrected chi connectivity index (χ0v) is 12.2. The van der Waals surface area contributed by atoms with Crippen molar-refractivity contribution < 1.29 is 24.6 Å². The van der Waals surface area contributed by atoms with Crippen molar-refractivity contribution in [3.05, 3.63) is 40.9 Å². The minimum atomic E-state index is -1.20. The first-order chi connectivity index (χ1) is 10.4. The van der Waals surface area contributed by atoms with Crippen LogP contribution in [0.15, 0.2) is 30.4 Å². The number of amides is 1. The minimum Gasteiger partial charge on any atom is -0.481 e. The Hall–Kier alpha value is -2.34. The number of allylic oxidation sites excluding steroid dienone is 2. The summed E-state index contributed by atoms with van der Waals surface area (Å²) in [5, 5.41) is 20.8. The van der Waals surface area contributed by atoms with Gasteiger partial charge >= 0.3 is 11.9 Å². The van der Waals surface area contributed by atoms with Crippen molar-refractivity contribution in [2.24, 2.45) is 11.8 Å². The number of carboxylic acid groups (broad SMARTS) is 2. The Morgan fingerprint density at radius 1 is 1.09 bits per heavy atom. The maximum absolute atomic E-state index is 12.3.